The Hall–Kier alpha value is -2.69. The first-order chi connectivity index (χ1) is 11.9. The first-order valence-electron chi connectivity index (χ1n) is 8.01. The van der Waals surface area contributed by atoms with Gasteiger partial charge in [0, 0.05) is 0 Å². The molecule has 3 amide bonds. The lowest BCUT2D eigenvalue weighted by Gasteiger charge is -2.20. The third-order valence-electron chi connectivity index (χ3n) is 3.25. The van der Waals surface area contributed by atoms with Crippen LogP contribution in [0.2, 0.25) is 0 Å². The van der Waals surface area contributed by atoms with Crippen molar-refractivity contribution in [2.75, 3.05) is 6.54 Å². The second-order valence-corrected chi connectivity index (χ2v) is 6.24. The second kappa shape index (κ2) is 11.0. The van der Waals surface area contributed by atoms with Crippen molar-refractivity contribution in [3.8, 4) is 0 Å². The van der Waals surface area contributed by atoms with Gasteiger partial charge in [0.05, 0.1) is 19.0 Å². The van der Waals surface area contributed by atoms with Gasteiger partial charge in [0.2, 0.25) is 17.7 Å². The van der Waals surface area contributed by atoms with E-state index in [2.05, 4.69) is 16.0 Å². The highest BCUT2D eigenvalue weighted by atomic mass is 16.4. The Kier molecular flexibility index (Phi) is 9.89. The van der Waals surface area contributed by atoms with E-state index in [1.165, 1.54) is 6.92 Å². The predicted molar refractivity (Wildman–Crippen MR) is 89.9 cm³/mol. The Morgan fingerprint density at radius 3 is 2.00 bits per heavy atom. The van der Waals surface area contributed by atoms with Crippen molar-refractivity contribution in [3.63, 3.8) is 0 Å². The van der Waals surface area contributed by atoms with E-state index in [-0.39, 0.29) is 12.3 Å². The molecule has 0 aromatic heterocycles. The van der Waals surface area contributed by atoms with Gasteiger partial charge in [-0.1, -0.05) is 13.8 Å². The Morgan fingerprint density at radius 2 is 1.54 bits per heavy atom. The van der Waals surface area contributed by atoms with Gasteiger partial charge < -0.3 is 31.9 Å². The van der Waals surface area contributed by atoms with Crippen LogP contribution in [-0.2, 0) is 24.0 Å². The molecule has 0 saturated carbocycles. The fourth-order valence-electron chi connectivity index (χ4n) is 1.93. The summed E-state index contributed by atoms with van der Waals surface area (Å²) in [7, 11) is 0. The third-order valence-corrected chi connectivity index (χ3v) is 3.25. The van der Waals surface area contributed by atoms with Crippen molar-refractivity contribution in [2.45, 2.75) is 51.7 Å². The summed E-state index contributed by atoms with van der Waals surface area (Å²) in [6, 6.07) is -3.40. The largest absolute Gasteiger partial charge is 0.481 e. The molecule has 26 heavy (non-hydrogen) atoms. The molecule has 0 fully saturated rings. The third kappa shape index (κ3) is 9.57. The molecule has 0 aliphatic rings. The number of carboxylic acids is 2. The minimum Gasteiger partial charge on any atom is -0.481 e. The molecule has 0 aromatic carbocycles. The van der Waals surface area contributed by atoms with Crippen LogP contribution >= 0.6 is 0 Å². The van der Waals surface area contributed by atoms with Gasteiger partial charge in [-0.25, -0.2) is 4.79 Å². The molecule has 0 heterocycles. The first-order valence-corrected chi connectivity index (χ1v) is 8.01. The zero-order chi connectivity index (χ0) is 20.4. The lowest BCUT2D eigenvalue weighted by molar-refractivity contribution is -0.142. The predicted octanol–water partition coefficient (Wildman–Crippen LogP) is -1.98. The van der Waals surface area contributed by atoms with E-state index in [0.717, 1.165) is 0 Å². The molecule has 0 rings (SSSR count). The van der Waals surface area contributed by atoms with E-state index in [4.69, 9.17) is 15.9 Å². The maximum absolute atomic E-state index is 12.0. The Morgan fingerprint density at radius 1 is 0.962 bits per heavy atom. The Labute approximate surface area is 150 Å². The highest BCUT2D eigenvalue weighted by Gasteiger charge is 2.25. The van der Waals surface area contributed by atoms with Crippen molar-refractivity contribution in [1.29, 1.82) is 0 Å². The van der Waals surface area contributed by atoms with Crippen LogP contribution in [0.1, 0.15) is 33.6 Å². The van der Waals surface area contributed by atoms with Crippen molar-refractivity contribution < 1.29 is 34.2 Å². The van der Waals surface area contributed by atoms with Crippen LogP contribution in [0, 0.1) is 5.92 Å². The maximum Gasteiger partial charge on any atom is 0.326 e. The number of hydrogen-bond donors (Lipinski definition) is 6. The quantitative estimate of drug-likeness (QED) is 0.240. The molecule has 0 radical (unpaired) electrons. The Balaban J connectivity index is 4.43. The van der Waals surface area contributed by atoms with E-state index in [1.54, 1.807) is 0 Å². The molecule has 0 saturated heterocycles. The summed E-state index contributed by atoms with van der Waals surface area (Å²) in [6.07, 6.45) is -0.349. The van der Waals surface area contributed by atoms with Crippen molar-refractivity contribution >= 4 is 29.7 Å². The lowest BCUT2D eigenvalue weighted by atomic mass is 10.0. The van der Waals surface area contributed by atoms with E-state index < -0.39 is 60.8 Å². The zero-order valence-electron chi connectivity index (χ0n) is 14.9. The fraction of sp³-hybridized carbons (Fsp3) is 0.667. The van der Waals surface area contributed by atoms with Gasteiger partial charge in [0.1, 0.15) is 12.1 Å². The van der Waals surface area contributed by atoms with Gasteiger partial charge in [-0.2, -0.15) is 0 Å². The molecule has 7 N–H and O–H groups in total. The van der Waals surface area contributed by atoms with E-state index in [1.807, 2.05) is 13.8 Å². The summed E-state index contributed by atoms with van der Waals surface area (Å²) in [6.45, 7) is 4.48. The normalized spacial score (nSPS) is 14.0. The molecule has 0 aliphatic heterocycles. The van der Waals surface area contributed by atoms with Crippen LogP contribution in [0.25, 0.3) is 0 Å². The molecule has 3 unspecified atom stereocenters. The highest BCUT2D eigenvalue weighted by Crippen LogP contribution is 2.05. The molecule has 0 aromatic rings. The topological polar surface area (TPSA) is 188 Å². The van der Waals surface area contributed by atoms with Gasteiger partial charge in [0.25, 0.3) is 0 Å². The number of nitrogens with two attached hydrogens (primary N) is 1. The number of rotatable bonds is 11. The monoisotopic (exact) mass is 374 g/mol. The number of carbonyl (C=O) groups excluding carboxylic acids is 3. The van der Waals surface area contributed by atoms with Crippen LogP contribution in [0.4, 0.5) is 0 Å². The number of nitrogens with one attached hydrogen (secondary N) is 3. The van der Waals surface area contributed by atoms with Crippen LogP contribution < -0.4 is 21.7 Å². The number of aliphatic carboxylic acids is 2. The summed E-state index contributed by atoms with van der Waals surface area (Å²) in [5, 5.41) is 24.4. The van der Waals surface area contributed by atoms with Crippen molar-refractivity contribution in [3.05, 3.63) is 0 Å². The molecule has 148 valence electrons. The van der Waals surface area contributed by atoms with Gasteiger partial charge in [-0.15, -0.1) is 0 Å². The summed E-state index contributed by atoms with van der Waals surface area (Å²) >= 11 is 0. The number of carboxylic acid groups (broad SMARTS) is 2. The molecule has 3 atom stereocenters. The summed E-state index contributed by atoms with van der Waals surface area (Å²) < 4.78 is 0. The van der Waals surface area contributed by atoms with Crippen LogP contribution in [-0.4, -0.2) is 64.5 Å². The summed E-state index contributed by atoms with van der Waals surface area (Å²) in [5.74, 6) is -4.59. The number of hydrogen-bond acceptors (Lipinski definition) is 6. The van der Waals surface area contributed by atoms with Crippen molar-refractivity contribution in [2.24, 2.45) is 11.7 Å². The van der Waals surface area contributed by atoms with Crippen LogP contribution in [0.15, 0.2) is 0 Å². The molecular formula is C15H26N4O7. The minimum atomic E-state index is -1.30. The van der Waals surface area contributed by atoms with Gasteiger partial charge in [-0.05, 0) is 19.3 Å². The summed E-state index contributed by atoms with van der Waals surface area (Å²) in [5.41, 5.74) is 5.33. The zero-order valence-corrected chi connectivity index (χ0v) is 14.9. The summed E-state index contributed by atoms with van der Waals surface area (Å²) in [4.78, 5) is 56.8. The first kappa shape index (κ1) is 23.3. The Bertz CT molecular complexity index is 550. The average Bonchev–Trinajstić information content (AvgIpc) is 2.50. The standard InChI is InChI=1S/C15H26N4O7/c1-7(2)4-10(15(25)26)19-13(23)8(3)18-11(20)6-17-14(24)9(16)5-12(21)22/h7-10H,4-6,16H2,1-3H3,(H,17,24)(H,18,20)(H,19,23)(H,21,22)(H,25,26). The van der Waals surface area contributed by atoms with E-state index >= 15 is 0 Å². The highest BCUT2D eigenvalue weighted by molar-refractivity contribution is 5.92. The van der Waals surface area contributed by atoms with Crippen LogP contribution in [0.5, 0.6) is 0 Å². The minimum absolute atomic E-state index is 0.0477. The molecule has 0 aliphatic carbocycles. The molecule has 11 heteroatoms. The number of amides is 3. The van der Waals surface area contributed by atoms with Gasteiger partial charge >= 0.3 is 11.9 Å². The number of carbonyl (C=O) groups is 5. The lowest BCUT2D eigenvalue weighted by Crippen LogP contribution is -2.52. The SMILES string of the molecule is CC(C)CC(NC(=O)C(C)NC(=O)CNC(=O)C(N)CC(=O)O)C(=O)O. The van der Waals surface area contributed by atoms with Crippen LogP contribution in [0.3, 0.4) is 0 Å². The molecule has 11 nitrogen and oxygen atoms in total. The van der Waals surface area contributed by atoms with Crippen molar-refractivity contribution in [1.82, 2.24) is 16.0 Å². The maximum atomic E-state index is 12.0. The van der Waals surface area contributed by atoms with Gasteiger partial charge in [0.15, 0.2) is 0 Å². The van der Waals surface area contributed by atoms with Gasteiger partial charge in [-0.3, -0.25) is 19.2 Å². The second-order valence-electron chi connectivity index (χ2n) is 6.24. The molecule has 0 spiro atoms. The van der Waals surface area contributed by atoms with E-state index in [0.29, 0.717) is 0 Å². The molecule has 0 bridgehead atoms. The fourth-order valence-corrected chi connectivity index (χ4v) is 1.93. The average molecular weight is 374 g/mol. The molecular weight excluding hydrogens is 348 g/mol. The van der Waals surface area contributed by atoms with E-state index in [9.17, 15) is 24.0 Å². The smallest absolute Gasteiger partial charge is 0.326 e.